The molecule has 0 spiro atoms. The lowest BCUT2D eigenvalue weighted by Crippen LogP contribution is -1.95. The van der Waals surface area contributed by atoms with Crippen molar-refractivity contribution in [3.05, 3.63) is 27.7 Å². The Bertz CT molecular complexity index is 537. The smallest absolute Gasteiger partial charge is 0.284 e. The van der Waals surface area contributed by atoms with Crippen LogP contribution in [-0.2, 0) is 13.5 Å². The number of aromatic nitrogens is 4. The van der Waals surface area contributed by atoms with Crippen LogP contribution in [0.2, 0.25) is 0 Å². The normalized spacial score (nSPS) is 10.9. The monoisotopic (exact) mass is 224 g/mol. The van der Waals surface area contributed by atoms with E-state index in [1.807, 2.05) is 25.6 Å². The minimum Gasteiger partial charge on any atom is -0.414 e. The lowest BCUT2D eigenvalue weighted by molar-refractivity contribution is 0.491. The van der Waals surface area contributed by atoms with Crippen molar-refractivity contribution in [2.45, 2.75) is 20.3 Å². The second-order valence-corrected chi connectivity index (χ2v) is 3.83. The van der Waals surface area contributed by atoms with Crippen molar-refractivity contribution in [2.24, 2.45) is 7.05 Å². The minimum absolute atomic E-state index is 0.309. The first-order valence-corrected chi connectivity index (χ1v) is 5.02. The summed E-state index contributed by atoms with van der Waals surface area (Å²) < 4.78 is 7.07. The number of hydrogen-bond donors (Lipinski definition) is 1. The highest BCUT2D eigenvalue weighted by atomic mass is 32.1. The van der Waals surface area contributed by atoms with Crippen molar-refractivity contribution < 1.29 is 4.42 Å². The Morgan fingerprint density at radius 3 is 2.67 bits per heavy atom. The highest BCUT2D eigenvalue weighted by Gasteiger charge is 2.12. The van der Waals surface area contributed by atoms with E-state index in [-0.39, 0.29) is 0 Å². The highest BCUT2D eigenvalue weighted by Crippen LogP contribution is 2.15. The zero-order chi connectivity index (χ0) is 11.0. The van der Waals surface area contributed by atoms with Crippen LogP contribution >= 0.6 is 12.2 Å². The Hall–Kier alpha value is -1.43. The highest BCUT2D eigenvalue weighted by molar-refractivity contribution is 7.71. The van der Waals surface area contributed by atoms with Crippen molar-refractivity contribution in [1.82, 2.24) is 20.0 Å². The van der Waals surface area contributed by atoms with E-state index in [2.05, 4.69) is 15.3 Å². The Morgan fingerprint density at radius 2 is 2.20 bits per heavy atom. The second-order valence-electron chi connectivity index (χ2n) is 3.46. The third kappa shape index (κ3) is 1.85. The maximum atomic E-state index is 5.22. The van der Waals surface area contributed by atoms with Gasteiger partial charge in [0.2, 0.25) is 5.89 Å². The molecule has 0 fully saturated rings. The Kier molecular flexibility index (Phi) is 2.44. The molecule has 0 aliphatic rings. The third-order valence-electron chi connectivity index (χ3n) is 2.47. The van der Waals surface area contributed by atoms with Gasteiger partial charge in [0.15, 0.2) is 0 Å². The molecular weight excluding hydrogens is 212 g/mol. The fraction of sp³-hybridized carbons (Fsp3) is 0.444. The topological polar surface area (TPSA) is 59.6 Å². The molecule has 2 aromatic rings. The molecule has 2 heterocycles. The SMILES string of the molecule is Cc1nn(C)c(C)c1Cc1n[nH]c(=S)o1. The lowest BCUT2D eigenvalue weighted by Gasteiger charge is -1.97. The maximum Gasteiger partial charge on any atom is 0.284 e. The fourth-order valence-electron chi connectivity index (χ4n) is 1.56. The molecule has 0 radical (unpaired) electrons. The van der Waals surface area contributed by atoms with E-state index in [1.165, 1.54) is 0 Å². The molecule has 0 saturated carbocycles. The van der Waals surface area contributed by atoms with Crippen molar-refractivity contribution >= 4 is 12.2 Å². The molecule has 2 aromatic heterocycles. The molecule has 0 unspecified atom stereocenters. The number of hydrogen-bond acceptors (Lipinski definition) is 4. The first-order chi connectivity index (χ1) is 7.08. The van der Waals surface area contributed by atoms with Crippen LogP contribution in [0.15, 0.2) is 4.42 Å². The van der Waals surface area contributed by atoms with Gasteiger partial charge in [-0.1, -0.05) is 0 Å². The Balaban J connectivity index is 2.35. The van der Waals surface area contributed by atoms with Gasteiger partial charge in [0.1, 0.15) is 0 Å². The van der Waals surface area contributed by atoms with E-state index in [0.29, 0.717) is 17.1 Å². The standard InChI is InChI=1S/C9H12N4OS/c1-5-7(6(2)13(3)12-5)4-8-10-11-9(15)14-8/h4H2,1-3H3,(H,11,15). The molecule has 0 aliphatic carbocycles. The molecule has 2 rings (SSSR count). The van der Waals surface area contributed by atoms with E-state index >= 15 is 0 Å². The summed E-state index contributed by atoms with van der Waals surface area (Å²) in [5, 5.41) is 10.9. The van der Waals surface area contributed by atoms with Crippen LogP contribution in [-0.4, -0.2) is 20.0 Å². The summed E-state index contributed by atoms with van der Waals surface area (Å²) in [6.07, 6.45) is 0.624. The van der Waals surface area contributed by atoms with Crippen molar-refractivity contribution in [2.75, 3.05) is 0 Å². The van der Waals surface area contributed by atoms with Crippen LogP contribution in [0.4, 0.5) is 0 Å². The number of nitrogens with one attached hydrogen (secondary N) is 1. The van der Waals surface area contributed by atoms with E-state index in [4.69, 9.17) is 16.6 Å². The molecule has 5 nitrogen and oxygen atoms in total. The van der Waals surface area contributed by atoms with E-state index in [1.54, 1.807) is 0 Å². The zero-order valence-electron chi connectivity index (χ0n) is 8.87. The van der Waals surface area contributed by atoms with Crippen molar-refractivity contribution in [3.8, 4) is 0 Å². The maximum absolute atomic E-state index is 5.22. The largest absolute Gasteiger partial charge is 0.414 e. The number of rotatable bonds is 2. The van der Waals surface area contributed by atoms with Crippen LogP contribution in [0.1, 0.15) is 22.8 Å². The fourth-order valence-corrected chi connectivity index (χ4v) is 1.70. The Morgan fingerprint density at radius 1 is 1.47 bits per heavy atom. The lowest BCUT2D eigenvalue weighted by atomic mass is 10.1. The van der Waals surface area contributed by atoms with Gasteiger partial charge in [-0.2, -0.15) is 5.10 Å². The molecule has 0 amide bonds. The van der Waals surface area contributed by atoms with E-state index < -0.39 is 0 Å². The van der Waals surface area contributed by atoms with Gasteiger partial charge in [0, 0.05) is 18.3 Å². The number of H-pyrrole nitrogens is 1. The van der Waals surface area contributed by atoms with Crippen LogP contribution in [0.5, 0.6) is 0 Å². The summed E-state index contributed by atoms with van der Waals surface area (Å²) in [7, 11) is 1.92. The number of aryl methyl sites for hydroxylation is 2. The first-order valence-electron chi connectivity index (χ1n) is 4.61. The van der Waals surface area contributed by atoms with Gasteiger partial charge >= 0.3 is 0 Å². The summed E-state index contributed by atoms with van der Waals surface area (Å²) in [5.41, 5.74) is 3.26. The van der Waals surface area contributed by atoms with E-state index in [9.17, 15) is 0 Å². The quantitative estimate of drug-likeness (QED) is 0.788. The van der Waals surface area contributed by atoms with Gasteiger partial charge in [-0.25, -0.2) is 5.10 Å². The summed E-state index contributed by atoms with van der Waals surface area (Å²) in [4.78, 5) is 0.309. The van der Waals surface area contributed by atoms with Gasteiger partial charge in [0.25, 0.3) is 4.84 Å². The van der Waals surface area contributed by atoms with Gasteiger partial charge in [0.05, 0.1) is 12.1 Å². The molecular formula is C9H12N4OS. The zero-order valence-corrected chi connectivity index (χ0v) is 9.68. The Labute approximate surface area is 92.1 Å². The number of nitrogens with zero attached hydrogens (tertiary/aromatic N) is 3. The number of aromatic amines is 1. The molecule has 80 valence electrons. The van der Waals surface area contributed by atoms with Gasteiger partial charge < -0.3 is 4.42 Å². The predicted molar refractivity (Wildman–Crippen MR) is 57.2 cm³/mol. The van der Waals surface area contributed by atoms with Gasteiger partial charge in [-0.05, 0) is 26.1 Å². The van der Waals surface area contributed by atoms with Gasteiger partial charge in [-0.3, -0.25) is 4.68 Å². The minimum atomic E-state index is 0.309. The predicted octanol–water partition coefficient (Wildman–Crippen LogP) is 1.67. The van der Waals surface area contributed by atoms with Crippen LogP contribution in [0, 0.1) is 18.7 Å². The molecule has 0 aromatic carbocycles. The molecule has 0 bridgehead atoms. The molecule has 1 N–H and O–H groups in total. The molecule has 0 aliphatic heterocycles. The molecule has 0 saturated heterocycles. The average molecular weight is 224 g/mol. The van der Waals surface area contributed by atoms with E-state index in [0.717, 1.165) is 17.0 Å². The summed E-state index contributed by atoms with van der Waals surface area (Å²) >= 11 is 4.81. The van der Waals surface area contributed by atoms with Crippen LogP contribution in [0.3, 0.4) is 0 Å². The first kappa shape index (κ1) is 10.1. The average Bonchev–Trinajstić information content (AvgIpc) is 2.67. The summed E-state index contributed by atoms with van der Waals surface area (Å²) in [5.74, 6) is 0.596. The van der Waals surface area contributed by atoms with Crippen LogP contribution < -0.4 is 0 Å². The van der Waals surface area contributed by atoms with Crippen LogP contribution in [0.25, 0.3) is 0 Å². The molecule has 0 atom stereocenters. The molecule has 6 heteroatoms. The van der Waals surface area contributed by atoms with Crippen molar-refractivity contribution in [3.63, 3.8) is 0 Å². The second kappa shape index (κ2) is 3.62. The van der Waals surface area contributed by atoms with Crippen molar-refractivity contribution in [1.29, 1.82) is 0 Å². The third-order valence-corrected chi connectivity index (χ3v) is 2.64. The molecule has 15 heavy (non-hydrogen) atoms. The summed E-state index contributed by atoms with van der Waals surface area (Å²) in [6.45, 7) is 4.00. The summed E-state index contributed by atoms with van der Waals surface area (Å²) in [6, 6.07) is 0. The van der Waals surface area contributed by atoms with Gasteiger partial charge in [-0.15, -0.1) is 5.10 Å².